The van der Waals surface area contributed by atoms with E-state index in [4.69, 9.17) is 11.6 Å². The molecule has 0 aliphatic rings. The number of hydrogen-bond acceptors (Lipinski definition) is 3. The Morgan fingerprint density at radius 2 is 2.00 bits per heavy atom. The SMILES string of the molecule is Cc1cccc(-c2nnc3ccc(Cl)nn23)c1F. The van der Waals surface area contributed by atoms with E-state index >= 15 is 0 Å². The average Bonchev–Trinajstić information content (AvgIpc) is 2.75. The van der Waals surface area contributed by atoms with Gasteiger partial charge in [-0.1, -0.05) is 23.7 Å². The number of fused-ring (bicyclic) bond motifs is 1. The number of rotatable bonds is 1. The first-order chi connectivity index (χ1) is 8.66. The predicted octanol–water partition coefficient (Wildman–Crippen LogP) is 2.89. The molecule has 90 valence electrons. The summed E-state index contributed by atoms with van der Waals surface area (Å²) in [6, 6.07) is 8.39. The van der Waals surface area contributed by atoms with E-state index in [9.17, 15) is 4.39 Å². The molecule has 0 spiro atoms. The Hall–Kier alpha value is -2.01. The van der Waals surface area contributed by atoms with E-state index in [-0.39, 0.29) is 5.82 Å². The van der Waals surface area contributed by atoms with Crippen molar-refractivity contribution in [2.24, 2.45) is 0 Å². The molecule has 0 fully saturated rings. The maximum atomic E-state index is 14.1. The monoisotopic (exact) mass is 262 g/mol. The second-order valence-electron chi connectivity index (χ2n) is 3.89. The lowest BCUT2D eigenvalue weighted by Gasteiger charge is -2.03. The molecule has 6 heteroatoms. The highest BCUT2D eigenvalue weighted by Crippen LogP contribution is 2.23. The Morgan fingerprint density at radius 3 is 2.83 bits per heavy atom. The molecule has 4 nitrogen and oxygen atoms in total. The number of hydrogen-bond donors (Lipinski definition) is 0. The van der Waals surface area contributed by atoms with Crippen LogP contribution in [0.3, 0.4) is 0 Å². The lowest BCUT2D eigenvalue weighted by molar-refractivity contribution is 0.620. The molecule has 1 aromatic carbocycles. The summed E-state index contributed by atoms with van der Waals surface area (Å²) in [5, 5.41) is 12.3. The first-order valence-electron chi connectivity index (χ1n) is 5.30. The van der Waals surface area contributed by atoms with Gasteiger partial charge in [-0.25, -0.2) is 4.39 Å². The van der Waals surface area contributed by atoms with Crippen molar-refractivity contribution in [3.05, 3.63) is 46.9 Å². The van der Waals surface area contributed by atoms with Crippen molar-refractivity contribution in [3.63, 3.8) is 0 Å². The average molecular weight is 263 g/mol. The summed E-state index contributed by atoms with van der Waals surface area (Å²) in [5.41, 5.74) is 1.43. The fraction of sp³-hybridized carbons (Fsp3) is 0.0833. The largest absolute Gasteiger partial charge is 0.206 e. The smallest absolute Gasteiger partial charge is 0.188 e. The van der Waals surface area contributed by atoms with E-state index in [0.717, 1.165) is 0 Å². The molecule has 0 saturated carbocycles. The first-order valence-corrected chi connectivity index (χ1v) is 5.68. The molecule has 0 radical (unpaired) electrons. The molecule has 18 heavy (non-hydrogen) atoms. The van der Waals surface area contributed by atoms with Crippen LogP contribution in [0.2, 0.25) is 5.15 Å². The summed E-state index contributed by atoms with van der Waals surface area (Å²) in [6.45, 7) is 1.70. The molecule has 0 amide bonds. The molecule has 0 aliphatic carbocycles. The highest BCUT2D eigenvalue weighted by molar-refractivity contribution is 6.29. The second kappa shape index (κ2) is 4.03. The van der Waals surface area contributed by atoms with Crippen molar-refractivity contribution < 1.29 is 4.39 Å². The summed E-state index contributed by atoms with van der Waals surface area (Å²) in [5.74, 6) is 0.0160. The normalized spacial score (nSPS) is 11.1. The summed E-state index contributed by atoms with van der Waals surface area (Å²) in [7, 11) is 0. The topological polar surface area (TPSA) is 43.1 Å². The standard InChI is InChI=1S/C12H8ClFN4/c1-7-3-2-4-8(11(7)14)12-16-15-10-6-5-9(13)17-18(10)12/h2-6H,1H3. The van der Waals surface area contributed by atoms with Gasteiger partial charge in [-0.3, -0.25) is 0 Å². The zero-order chi connectivity index (χ0) is 12.7. The number of halogens is 2. The fourth-order valence-corrected chi connectivity index (χ4v) is 1.89. The zero-order valence-corrected chi connectivity index (χ0v) is 10.2. The van der Waals surface area contributed by atoms with Gasteiger partial charge < -0.3 is 0 Å². The fourth-order valence-electron chi connectivity index (χ4n) is 1.75. The van der Waals surface area contributed by atoms with Crippen LogP contribution in [0, 0.1) is 12.7 Å². The molecule has 0 bridgehead atoms. The van der Waals surface area contributed by atoms with Gasteiger partial charge in [-0.15, -0.1) is 10.2 Å². The molecule has 3 rings (SSSR count). The molecular formula is C12H8ClFN4. The predicted molar refractivity (Wildman–Crippen MR) is 65.9 cm³/mol. The van der Waals surface area contributed by atoms with Gasteiger partial charge in [0.2, 0.25) is 0 Å². The van der Waals surface area contributed by atoms with Crippen molar-refractivity contribution in [2.45, 2.75) is 6.92 Å². The lowest BCUT2D eigenvalue weighted by Crippen LogP contribution is -1.97. The summed E-state index contributed by atoms with van der Waals surface area (Å²) in [6.07, 6.45) is 0. The number of aromatic nitrogens is 4. The minimum atomic E-state index is -0.325. The number of aryl methyl sites for hydroxylation is 1. The van der Waals surface area contributed by atoms with Gasteiger partial charge in [0.15, 0.2) is 11.5 Å². The van der Waals surface area contributed by atoms with Crippen molar-refractivity contribution in [2.75, 3.05) is 0 Å². The summed E-state index contributed by atoms with van der Waals surface area (Å²) >= 11 is 5.82. The van der Waals surface area contributed by atoms with Crippen LogP contribution in [0.25, 0.3) is 17.0 Å². The number of nitrogens with zero attached hydrogens (tertiary/aromatic N) is 4. The van der Waals surface area contributed by atoms with Gasteiger partial charge in [-0.2, -0.15) is 9.61 Å². The Labute approximate surface area is 107 Å². The molecule has 0 saturated heterocycles. The van der Waals surface area contributed by atoms with Crippen LogP contribution >= 0.6 is 11.6 Å². The van der Waals surface area contributed by atoms with Gasteiger partial charge in [0, 0.05) is 0 Å². The van der Waals surface area contributed by atoms with Gasteiger partial charge >= 0.3 is 0 Å². The maximum Gasteiger partial charge on any atom is 0.188 e. The highest BCUT2D eigenvalue weighted by Gasteiger charge is 2.14. The van der Waals surface area contributed by atoms with Crippen LogP contribution < -0.4 is 0 Å². The molecule has 2 heterocycles. The minimum Gasteiger partial charge on any atom is -0.206 e. The van der Waals surface area contributed by atoms with Crippen molar-refractivity contribution in [1.29, 1.82) is 0 Å². The second-order valence-corrected chi connectivity index (χ2v) is 4.27. The van der Waals surface area contributed by atoms with E-state index in [1.165, 1.54) is 4.52 Å². The third-order valence-corrected chi connectivity index (χ3v) is 2.86. The van der Waals surface area contributed by atoms with Crippen LogP contribution in [-0.4, -0.2) is 19.8 Å². The summed E-state index contributed by atoms with van der Waals surface area (Å²) in [4.78, 5) is 0. The van der Waals surface area contributed by atoms with Crippen LogP contribution in [0.15, 0.2) is 30.3 Å². The van der Waals surface area contributed by atoms with Crippen molar-refractivity contribution in [1.82, 2.24) is 19.8 Å². The third-order valence-electron chi connectivity index (χ3n) is 2.66. The lowest BCUT2D eigenvalue weighted by atomic mass is 10.1. The van der Waals surface area contributed by atoms with E-state index in [2.05, 4.69) is 15.3 Å². The molecule has 0 aliphatic heterocycles. The van der Waals surface area contributed by atoms with Crippen LogP contribution in [0.4, 0.5) is 4.39 Å². The molecule has 0 unspecified atom stereocenters. The molecule has 0 atom stereocenters. The van der Waals surface area contributed by atoms with E-state index in [0.29, 0.717) is 27.8 Å². The number of benzene rings is 1. The van der Waals surface area contributed by atoms with Crippen molar-refractivity contribution in [3.8, 4) is 11.4 Å². The third kappa shape index (κ3) is 1.64. The quantitative estimate of drug-likeness (QED) is 0.677. The van der Waals surface area contributed by atoms with Crippen LogP contribution in [0.5, 0.6) is 0 Å². The molecule has 2 aromatic heterocycles. The van der Waals surface area contributed by atoms with Gasteiger partial charge in [0.05, 0.1) is 5.56 Å². The van der Waals surface area contributed by atoms with Crippen LogP contribution in [0.1, 0.15) is 5.56 Å². The van der Waals surface area contributed by atoms with Gasteiger partial charge in [0.1, 0.15) is 11.0 Å². The summed E-state index contributed by atoms with van der Waals surface area (Å²) < 4.78 is 15.5. The Kier molecular flexibility index (Phi) is 2.48. The Morgan fingerprint density at radius 1 is 1.17 bits per heavy atom. The molecular weight excluding hydrogens is 255 g/mol. The Bertz CT molecular complexity index is 738. The van der Waals surface area contributed by atoms with E-state index in [1.54, 1.807) is 37.3 Å². The molecule has 0 N–H and O–H groups in total. The minimum absolute atomic E-state index is 0.302. The molecule has 3 aromatic rings. The van der Waals surface area contributed by atoms with Crippen LogP contribution in [-0.2, 0) is 0 Å². The maximum absolute atomic E-state index is 14.1. The highest BCUT2D eigenvalue weighted by atomic mass is 35.5. The van der Waals surface area contributed by atoms with Gasteiger partial charge in [-0.05, 0) is 30.7 Å². The van der Waals surface area contributed by atoms with E-state index in [1.807, 2.05) is 0 Å². The first kappa shape index (κ1) is 11.1. The Balaban J connectivity index is 2.32. The van der Waals surface area contributed by atoms with Gasteiger partial charge in [0.25, 0.3) is 0 Å². The van der Waals surface area contributed by atoms with Crippen molar-refractivity contribution >= 4 is 17.2 Å². The zero-order valence-electron chi connectivity index (χ0n) is 9.43. The van der Waals surface area contributed by atoms with E-state index < -0.39 is 0 Å².